The van der Waals surface area contributed by atoms with Gasteiger partial charge in [-0.3, -0.25) is 0 Å². The monoisotopic (exact) mass is 809 g/mol. The average Bonchev–Trinajstić information content (AvgIpc) is 3.18. The van der Waals surface area contributed by atoms with Crippen LogP contribution in [0, 0.1) is 16.2 Å². The Hall–Kier alpha value is -4.29. The molecule has 5 rings (SSSR count). The first-order valence-corrected chi connectivity index (χ1v) is 21.0. The van der Waals surface area contributed by atoms with Gasteiger partial charge in [-0.15, -0.1) is 0 Å². The number of hydrogen-bond donors (Lipinski definition) is 0. The fraction of sp³-hybridized carbons (Fsp3) is 0.414. The van der Waals surface area contributed by atoms with Crippen molar-refractivity contribution in [3.8, 4) is 0 Å². The molecule has 0 saturated carbocycles. The highest BCUT2D eigenvalue weighted by molar-refractivity contribution is 5.83. The number of rotatable bonds is 3. The third kappa shape index (κ3) is 36.8. The van der Waals surface area contributed by atoms with Crippen molar-refractivity contribution in [3.05, 3.63) is 174 Å². The van der Waals surface area contributed by atoms with Crippen molar-refractivity contribution in [1.82, 2.24) is 0 Å². The van der Waals surface area contributed by atoms with Gasteiger partial charge in [0.05, 0.1) is 0 Å². The van der Waals surface area contributed by atoms with E-state index < -0.39 is 0 Å². The molecule has 0 aliphatic heterocycles. The topological polar surface area (TPSA) is 0 Å². The van der Waals surface area contributed by atoms with Crippen LogP contribution in [0.15, 0.2) is 152 Å². The molecule has 0 spiro atoms. The molecule has 6 radical (unpaired) electrons. The molecule has 0 bridgehead atoms. The van der Waals surface area contributed by atoms with E-state index in [1.165, 1.54) is 33.0 Å². The molecule has 2 heteroatoms. The number of fused-ring (bicyclic) bond motifs is 1. The second-order valence-electron chi connectivity index (χ2n) is 17.1. The fourth-order valence-electron chi connectivity index (χ4n) is 4.39. The van der Waals surface area contributed by atoms with E-state index in [1.807, 2.05) is 59.7 Å². The molecule has 5 aromatic carbocycles. The molecule has 0 N–H and O–H groups in total. The molecule has 0 aliphatic carbocycles. The molecule has 0 atom stereocenters. The largest absolute Gasteiger partial charge is 0.0785 e. The molecule has 0 fully saturated rings. The normalized spacial score (nSPS) is 10.4. The second-order valence-corrected chi connectivity index (χ2v) is 17.1. The van der Waals surface area contributed by atoms with E-state index in [0.717, 1.165) is 0 Å². The van der Waals surface area contributed by atoms with Gasteiger partial charge < -0.3 is 0 Å². The highest BCUT2D eigenvalue weighted by atomic mass is 14.2. The Morgan fingerprint density at radius 2 is 0.567 bits per heavy atom. The van der Waals surface area contributed by atoms with E-state index in [0.29, 0.717) is 0 Å². The van der Waals surface area contributed by atoms with Gasteiger partial charge in [-0.1, -0.05) is 309 Å². The van der Waals surface area contributed by atoms with Crippen LogP contribution in [0.25, 0.3) is 29.0 Å². The van der Waals surface area contributed by atoms with E-state index in [-0.39, 0.29) is 53.3 Å². The molecule has 0 saturated heterocycles. The lowest BCUT2D eigenvalue weighted by molar-refractivity contribution is 0.547. The summed E-state index contributed by atoms with van der Waals surface area (Å²) in [7, 11) is 0. The summed E-state index contributed by atoms with van der Waals surface area (Å²) >= 11 is 0. The number of benzene rings is 5. The number of hydrogen-bond acceptors (Lipinski definition) is 0. The van der Waals surface area contributed by atoms with Crippen molar-refractivity contribution in [3.63, 3.8) is 0 Å². The molecule has 0 aliphatic rings. The highest BCUT2D eigenvalue weighted by Gasteiger charge is 2.13. The molecule has 0 amide bonds. The van der Waals surface area contributed by atoms with Crippen molar-refractivity contribution in [2.24, 2.45) is 16.2 Å². The lowest BCUT2D eigenvalue weighted by atomic mass is 9.86. The minimum Gasteiger partial charge on any atom is -0.0785 e. The van der Waals surface area contributed by atoms with E-state index in [2.05, 4.69) is 235 Å². The Kier molecular flexibility index (Phi) is 41.1. The minimum absolute atomic E-state index is 0. The van der Waals surface area contributed by atoms with Crippen LogP contribution in [-0.4, -0.2) is 16.8 Å². The molecule has 0 aromatic heterocycles. The molecule has 0 nitrogen and oxygen atoms in total. The van der Waals surface area contributed by atoms with E-state index in [9.17, 15) is 0 Å². The van der Waals surface area contributed by atoms with Crippen LogP contribution in [0.2, 0.25) is 0 Å². The van der Waals surface area contributed by atoms with E-state index in [4.69, 9.17) is 0 Å². The van der Waals surface area contributed by atoms with Crippen molar-refractivity contribution in [2.45, 2.75) is 145 Å². The fourth-order valence-corrected chi connectivity index (χ4v) is 4.39. The number of allylic oxidation sites excluding steroid dienone is 3. The van der Waals surface area contributed by atoms with Gasteiger partial charge in [0, 0.05) is 16.8 Å². The summed E-state index contributed by atoms with van der Waals surface area (Å²) in [4.78, 5) is 0. The highest BCUT2D eigenvalue weighted by Crippen LogP contribution is 2.26. The minimum atomic E-state index is 0. The first-order chi connectivity index (χ1) is 26.3. The predicted molar refractivity (Wildman–Crippen MR) is 286 cm³/mol. The summed E-state index contributed by atoms with van der Waals surface area (Å²) in [5, 5.41) is 2.65. The molecular weight excluding hydrogens is 718 g/mol. The first kappa shape index (κ1) is 67.5. The van der Waals surface area contributed by atoms with Crippen LogP contribution in [0.3, 0.4) is 0 Å². The SMILES string of the molecule is C.C.CC.CC.CC.CC(C)(C)/C=C/c1ccccc1.CC(C)(C)/C=C/c1ccccc1.CC(C)(C)/C=C/c1ccccc1.CC(C)(C)c1ccc2ccccc2c1.[B].[B]. The Balaban J connectivity index is -0.000000152. The van der Waals surface area contributed by atoms with Crippen LogP contribution < -0.4 is 0 Å². The van der Waals surface area contributed by atoms with Gasteiger partial charge in [0.15, 0.2) is 0 Å². The quantitative estimate of drug-likeness (QED) is 0.159. The lowest BCUT2D eigenvalue weighted by Gasteiger charge is -2.19. The summed E-state index contributed by atoms with van der Waals surface area (Å²) < 4.78 is 0. The zero-order valence-electron chi connectivity index (χ0n) is 40.3. The smallest absolute Gasteiger partial charge is 0 e. The van der Waals surface area contributed by atoms with Crippen molar-refractivity contribution < 1.29 is 0 Å². The Bertz CT molecular complexity index is 1590. The lowest BCUT2D eigenvalue weighted by Crippen LogP contribution is -2.10. The third-order valence-corrected chi connectivity index (χ3v) is 7.34. The maximum atomic E-state index is 2.29. The predicted octanol–water partition coefficient (Wildman–Crippen LogP) is 19.0. The maximum Gasteiger partial charge on any atom is 0 e. The van der Waals surface area contributed by atoms with Gasteiger partial charge in [0.25, 0.3) is 0 Å². The van der Waals surface area contributed by atoms with E-state index in [1.54, 1.807) is 0 Å². The van der Waals surface area contributed by atoms with Crippen LogP contribution in [0.1, 0.15) is 162 Å². The van der Waals surface area contributed by atoms with Gasteiger partial charge in [-0.2, -0.15) is 0 Å². The first-order valence-electron chi connectivity index (χ1n) is 21.0. The van der Waals surface area contributed by atoms with Crippen LogP contribution in [-0.2, 0) is 5.41 Å². The van der Waals surface area contributed by atoms with Gasteiger partial charge in [-0.05, 0) is 54.7 Å². The van der Waals surface area contributed by atoms with Crippen molar-refractivity contribution >= 4 is 45.8 Å². The summed E-state index contributed by atoms with van der Waals surface area (Å²) in [6.45, 7) is 38.5. The zero-order chi connectivity index (χ0) is 43.3. The Labute approximate surface area is 379 Å². The van der Waals surface area contributed by atoms with Gasteiger partial charge in [-0.25, -0.2) is 0 Å². The summed E-state index contributed by atoms with van der Waals surface area (Å²) in [5.74, 6) is 0. The molecule has 0 unspecified atom stereocenters. The summed E-state index contributed by atoms with van der Waals surface area (Å²) in [5.41, 5.74) is 6.27. The van der Waals surface area contributed by atoms with Gasteiger partial charge >= 0.3 is 0 Å². The zero-order valence-corrected chi connectivity index (χ0v) is 40.3. The molecular formula is C58H90B2. The average molecular weight is 809 g/mol. The molecule has 60 heavy (non-hydrogen) atoms. The standard InChI is InChI=1S/C14H16.3C12H16.3C2H6.2CH4.2B/c1-14(2,3)13-9-8-11-6-4-5-7-12(11)10-13;3*1-12(2,3)10-9-11-7-5-4-6-8-11;3*1-2;;;;/h4-10H,1-3H3;3*4-10H,1-3H3;3*1-2H3;2*1H4;;/b;3*10-9+;;;;;;;. The van der Waals surface area contributed by atoms with Gasteiger partial charge in [0.2, 0.25) is 0 Å². The summed E-state index contributed by atoms with van der Waals surface area (Å²) in [6.07, 6.45) is 13.2. The van der Waals surface area contributed by atoms with Crippen LogP contribution in [0.5, 0.6) is 0 Å². The van der Waals surface area contributed by atoms with Crippen LogP contribution >= 0.6 is 0 Å². The van der Waals surface area contributed by atoms with Crippen molar-refractivity contribution in [2.75, 3.05) is 0 Å². The Morgan fingerprint density at radius 1 is 0.317 bits per heavy atom. The van der Waals surface area contributed by atoms with Crippen molar-refractivity contribution in [1.29, 1.82) is 0 Å². The van der Waals surface area contributed by atoms with Crippen LogP contribution in [0.4, 0.5) is 0 Å². The third-order valence-electron chi connectivity index (χ3n) is 7.34. The summed E-state index contributed by atoms with van der Waals surface area (Å²) in [6, 6.07) is 46.4. The van der Waals surface area contributed by atoms with Gasteiger partial charge in [0.1, 0.15) is 0 Å². The molecule has 5 aromatic rings. The molecule has 0 heterocycles. The van der Waals surface area contributed by atoms with E-state index >= 15 is 0 Å². The Morgan fingerprint density at radius 3 is 0.817 bits per heavy atom. The molecule has 328 valence electrons. The second kappa shape index (κ2) is 36.6. The maximum absolute atomic E-state index is 2.29.